The lowest BCUT2D eigenvalue weighted by atomic mass is 9.85. The second-order valence-corrected chi connectivity index (χ2v) is 7.96. The number of rotatable bonds is 5. The molecule has 2 aromatic rings. The summed E-state index contributed by atoms with van der Waals surface area (Å²) in [5, 5.41) is 15.8. The molecule has 0 spiro atoms. The first-order chi connectivity index (χ1) is 15.4. The Labute approximate surface area is 182 Å². The third-order valence-electron chi connectivity index (χ3n) is 6.19. The molecule has 2 fully saturated rings. The molecule has 0 aromatic heterocycles. The number of amides is 2. The molecule has 9 heteroatoms. The van der Waals surface area contributed by atoms with Crippen LogP contribution in [0.3, 0.4) is 0 Å². The highest BCUT2D eigenvalue weighted by Gasteiger charge is 2.59. The van der Waals surface area contributed by atoms with Gasteiger partial charge in [0.05, 0.1) is 28.5 Å². The van der Waals surface area contributed by atoms with Crippen LogP contribution in [0.1, 0.15) is 22.3 Å². The fourth-order valence-electron chi connectivity index (χ4n) is 4.68. The zero-order valence-corrected chi connectivity index (χ0v) is 16.7. The molecule has 4 atom stereocenters. The van der Waals surface area contributed by atoms with Crippen molar-refractivity contribution >= 4 is 29.7 Å². The van der Waals surface area contributed by atoms with Gasteiger partial charge in [0, 0.05) is 17.7 Å². The van der Waals surface area contributed by atoms with Crippen molar-refractivity contribution in [2.75, 3.05) is 0 Å². The Morgan fingerprint density at radius 1 is 1.03 bits per heavy atom. The van der Waals surface area contributed by atoms with Gasteiger partial charge in [-0.15, -0.1) is 0 Å². The Balaban J connectivity index is 1.33. The van der Waals surface area contributed by atoms with Crippen LogP contribution in [0.15, 0.2) is 65.8 Å². The van der Waals surface area contributed by atoms with Crippen molar-refractivity contribution in [2.24, 2.45) is 28.8 Å². The maximum atomic E-state index is 12.8. The van der Waals surface area contributed by atoms with Crippen LogP contribution in [0, 0.1) is 33.8 Å². The summed E-state index contributed by atoms with van der Waals surface area (Å²) in [5.74, 6) is -1.61. The van der Waals surface area contributed by atoms with E-state index in [1.165, 1.54) is 30.5 Å². The highest BCUT2D eigenvalue weighted by Crippen LogP contribution is 2.52. The third-order valence-corrected chi connectivity index (χ3v) is 6.19. The Kier molecular flexibility index (Phi) is 4.66. The molecular weight excluding hydrogens is 414 g/mol. The van der Waals surface area contributed by atoms with E-state index in [2.05, 4.69) is 5.10 Å². The predicted molar refractivity (Wildman–Crippen MR) is 112 cm³/mol. The molecule has 9 nitrogen and oxygen atoms in total. The van der Waals surface area contributed by atoms with Crippen molar-refractivity contribution in [3.8, 4) is 5.75 Å². The fraction of sp³-hybridized carbons (Fsp3) is 0.217. The second kappa shape index (κ2) is 7.52. The summed E-state index contributed by atoms with van der Waals surface area (Å²) in [6, 6.07) is 11.6. The third kappa shape index (κ3) is 3.18. The number of imide groups is 1. The summed E-state index contributed by atoms with van der Waals surface area (Å²) in [6.07, 6.45) is 6.19. The van der Waals surface area contributed by atoms with Crippen LogP contribution in [0.2, 0.25) is 0 Å². The standard InChI is InChI=1S/C23H17N3O6/c27-21-19-14-5-6-15(11-14)20(19)22(28)25(21)24-12-16-3-1-2-4-18(16)32-23(29)13-7-9-17(10-8-13)26(30)31/h1-10,12,14-15,19-20H,11H2/t14-,15-,19-,20+/m0/s1. The number of ether oxygens (including phenoxy) is 1. The molecule has 2 aliphatic carbocycles. The quantitative estimate of drug-likeness (QED) is 0.137. The topological polar surface area (TPSA) is 119 Å². The van der Waals surface area contributed by atoms with Crippen LogP contribution in [-0.2, 0) is 9.59 Å². The molecule has 1 heterocycles. The van der Waals surface area contributed by atoms with Gasteiger partial charge in [-0.3, -0.25) is 19.7 Å². The summed E-state index contributed by atoms with van der Waals surface area (Å²) in [6.45, 7) is 0. The van der Waals surface area contributed by atoms with Gasteiger partial charge in [-0.25, -0.2) is 4.79 Å². The van der Waals surface area contributed by atoms with E-state index < -0.39 is 10.9 Å². The number of hydrazone groups is 1. The number of hydrogen-bond acceptors (Lipinski definition) is 7. The number of non-ortho nitro benzene ring substituents is 1. The van der Waals surface area contributed by atoms with Gasteiger partial charge >= 0.3 is 5.97 Å². The lowest BCUT2D eigenvalue weighted by molar-refractivity contribution is -0.384. The highest BCUT2D eigenvalue weighted by atomic mass is 16.6. The maximum Gasteiger partial charge on any atom is 0.343 e. The lowest BCUT2D eigenvalue weighted by Gasteiger charge is -2.13. The van der Waals surface area contributed by atoms with Crippen molar-refractivity contribution in [1.29, 1.82) is 0 Å². The highest BCUT2D eigenvalue weighted by molar-refractivity contribution is 6.07. The summed E-state index contributed by atoms with van der Waals surface area (Å²) < 4.78 is 5.42. The summed E-state index contributed by atoms with van der Waals surface area (Å²) in [4.78, 5) is 48.2. The molecule has 1 aliphatic heterocycles. The molecular formula is C23H17N3O6. The van der Waals surface area contributed by atoms with Gasteiger partial charge in [0.15, 0.2) is 0 Å². The number of carbonyl (C=O) groups excluding carboxylic acids is 3. The van der Waals surface area contributed by atoms with E-state index in [0.717, 1.165) is 11.4 Å². The van der Waals surface area contributed by atoms with Gasteiger partial charge in [0.25, 0.3) is 17.5 Å². The molecule has 0 N–H and O–H groups in total. The molecule has 2 bridgehead atoms. The van der Waals surface area contributed by atoms with Crippen LogP contribution < -0.4 is 4.74 Å². The number of carbonyl (C=O) groups is 3. The van der Waals surface area contributed by atoms with Crippen molar-refractivity contribution in [1.82, 2.24) is 5.01 Å². The van der Waals surface area contributed by atoms with E-state index >= 15 is 0 Å². The molecule has 1 saturated heterocycles. The Hall–Kier alpha value is -4.14. The van der Waals surface area contributed by atoms with Crippen LogP contribution in [0.5, 0.6) is 5.75 Å². The maximum absolute atomic E-state index is 12.8. The number of nitrogens with zero attached hydrogens (tertiary/aromatic N) is 3. The Bertz CT molecular complexity index is 1170. The molecule has 1 saturated carbocycles. The summed E-state index contributed by atoms with van der Waals surface area (Å²) in [5.41, 5.74) is 0.409. The monoisotopic (exact) mass is 431 g/mol. The van der Waals surface area contributed by atoms with Crippen LogP contribution in [0.25, 0.3) is 0 Å². The van der Waals surface area contributed by atoms with Gasteiger partial charge in [-0.1, -0.05) is 24.3 Å². The van der Waals surface area contributed by atoms with E-state index in [4.69, 9.17) is 4.74 Å². The Morgan fingerprint density at radius 3 is 2.28 bits per heavy atom. The minimum Gasteiger partial charge on any atom is -0.422 e. The minimum atomic E-state index is -0.703. The van der Waals surface area contributed by atoms with Crippen LogP contribution in [-0.4, -0.2) is 33.9 Å². The first kappa shape index (κ1) is 19.8. The van der Waals surface area contributed by atoms with Crippen LogP contribution in [0.4, 0.5) is 5.69 Å². The Morgan fingerprint density at radius 2 is 1.66 bits per heavy atom. The van der Waals surface area contributed by atoms with Gasteiger partial charge < -0.3 is 4.74 Å². The molecule has 2 amide bonds. The predicted octanol–water partition coefficient (Wildman–Crippen LogP) is 2.96. The van der Waals surface area contributed by atoms with E-state index in [0.29, 0.717) is 5.56 Å². The van der Waals surface area contributed by atoms with Crippen molar-refractivity contribution < 1.29 is 24.0 Å². The van der Waals surface area contributed by atoms with Gasteiger partial charge in [-0.05, 0) is 42.5 Å². The average molecular weight is 431 g/mol. The largest absolute Gasteiger partial charge is 0.422 e. The number of para-hydroxylation sites is 1. The second-order valence-electron chi connectivity index (χ2n) is 7.96. The molecule has 2 aromatic carbocycles. The normalized spacial score (nSPS) is 25.6. The number of esters is 1. The zero-order chi connectivity index (χ0) is 22.4. The van der Waals surface area contributed by atoms with Gasteiger partial charge in [0.2, 0.25) is 0 Å². The number of fused-ring (bicyclic) bond motifs is 5. The van der Waals surface area contributed by atoms with Gasteiger partial charge in [0.1, 0.15) is 5.75 Å². The van der Waals surface area contributed by atoms with E-state index in [1.54, 1.807) is 24.3 Å². The number of nitro benzene ring substituents is 1. The zero-order valence-electron chi connectivity index (χ0n) is 16.7. The van der Waals surface area contributed by atoms with E-state index in [-0.39, 0.29) is 52.5 Å². The van der Waals surface area contributed by atoms with Gasteiger partial charge in [-0.2, -0.15) is 10.1 Å². The summed E-state index contributed by atoms with van der Waals surface area (Å²) in [7, 11) is 0. The lowest BCUT2D eigenvalue weighted by Crippen LogP contribution is -2.28. The number of benzene rings is 2. The molecule has 32 heavy (non-hydrogen) atoms. The molecule has 160 valence electrons. The van der Waals surface area contributed by atoms with Crippen molar-refractivity contribution in [2.45, 2.75) is 6.42 Å². The molecule has 5 rings (SSSR count). The molecule has 0 unspecified atom stereocenters. The smallest absolute Gasteiger partial charge is 0.343 e. The van der Waals surface area contributed by atoms with Crippen LogP contribution >= 0.6 is 0 Å². The van der Waals surface area contributed by atoms with E-state index in [1.807, 2.05) is 12.2 Å². The summed E-state index contributed by atoms with van der Waals surface area (Å²) >= 11 is 0. The first-order valence-electron chi connectivity index (χ1n) is 10.1. The van der Waals surface area contributed by atoms with E-state index in [9.17, 15) is 24.5 Å². The SMILES string of the molecule is O=C(Oc1ccccc1C=NN1C(=O)[C@@H]2[C@H](C1=O)[C@H]1C=C[C@H]2C1)c1ccc([N+](=O)[O-])cc1. The molecule has 3 aliphatic rings. The van der Waals surface area contributed by atoms with Crippen molar-refractivity contribution in [3.05, 3.63) is 81.9 Å². The first-order valence-corrected chi connectivity index (χ1v) is 10.1. The average Bonchev–Trinajstić information content (AvgIpc) is 3.47. The fourth-order valence-corrected chi connectivity index (χ4v) is 4.68. The number of allylic oxidation sites excluding steroid dienone is 2. The van der Waals surface area contributed by atoms with Crippen molar-refractivity contribution in [3.63, 3.8) is 0 Å². The number of hydrogen-bond donors (Lipinski definition) is 0. The number of nitro groups is 1. The minimum absolute atomic E-state index is 0.0941. The molecule has 0 radical (unpaired) electrons.